The van der Waals surface area contributed by atoms with Crippen LogP contribution in [0.25, 0.3) is 10.1 Å². The number of fused-ring (bicyclic) bond motifs is 1. The molecule has 0 spiro atoms. The summed E-state index contributed by atoms with van der Waals surface area (Å²) >= 11 is 1.42. The van der Waals surface area contributed by atoms with Crippen molar-refractivity contribution in [3.05, 3.63) is 29.1 Å². The van der Waals surface area contributed by atoms with Gasteiger partial charge in [-0.05, 0) is 50.7 Å². The summed E-state index contributed by atoms with van der Waals surface area (Å²) in [5.74, 6) is -0.318. The summed E-state index contributed by atoms with van der Waals surface area (Å²) in [6.45, 7) is 8.11. The standard InChI is InChI=1S/C16H19BO4S/c1-15(2)16(3,4)21-17(20-15)11-7-6-8-12-10(11)9-13(22-12)14(18)19-5/h6-9H,1-5H3. The highest BCUT2D eigenvalue weighted by atomic mass is 32.1. The van der Waals surface area contributed by atoms with E-state index >= 15 is 0 Å². The largest absolute Gasteiger partial charge is 0.495 e. The maximum Gasteiger partial charge on any atom is 0.495 e. The Morgan fingerprint density at radius 1 is 1.18 bits per heavy atom. The molecule has 1 aliphatic heterocycles. The van der Waals surface area contributed by atoms with Crippen molar-refractivity contribution < 1.29 is 18.8 Å². The molecule has 116 valence electrons. The van der Waals surface area contributed by atoms with E-state index in [1.54, 1.807) is 0 Å². The third-order valence-electron chi connectivity index (χ3n) is 4.49. The van der Waals surface area contributed by atoms with Gasteiger partial charge in [0.1, 0.15) is 4.88 Å². The van der Waals surface area contributed by atoms with Gasteiger partial charge in [0.15, 0.2) is 0 Å². The molecular formula is C16H19BO4S. The maximum absolute atomic E-state index is 11.7. The van der Waals surface area contributed by atoms with E-state index in [9.17, 15) is 4.79 Å². The van der Waals surface area contributed by atoms with Crippen molar-refractivity contribution in [3.8, 4) is 0 Å². The number of methoxy groups -OCH3 is 1. The first-order valence-corrected chi connectivity index (χ1v) is 8.03. The highest BCUT2D eigenvalue weighted by Gasteiger charge is 2.52. The summed E-state index contributed by atoms with van der Waals surface area (Å²) in [6.07, 6.45) is 0. The van der Waals surface area contributed by atoms with Gasteiger partial charge < -0.3 is 14.0 Å². The zero-order valence-corrected chi connectivity index (χ0v) is 14.2. The molecule has 4 nitrogen and oxygen atoms in total. The molecule has 0 atom stereocenters. The molecule has 0 radical (unpaired) electrons. The third kappa shape index (κ3) is 2.35. The van der Waals surface area contributed by atoms with Crippen LogP contribution < -0.4 is 5.46 Å². The van der Waals surface area contributed by atoms with Gasteiger partial charge in [0.2, 0.25) is 0 Å². The second kappa shape index (κ2) is 5.08. The Morgan fingerprint density at radius 2 is 1.82 bits per heavy atom. The average Bonchev–Trinajstić information content (AvgIpc) is 2.96. The van der Waals surface area contributed by atoms with Crippen LogP contribution in [0.5, 0.6) is 0 Å². The lowest BCUT2D eigenvalue weighted by molar-refractivity contribution is 0.00578. The second-order valence-corrected chi connectivity index (χ2v) is 7.53. The highest BCUT2D eigenvalue weighted by molar-refractivity contribution is 7.21. The van der Waals surface area contributed by atoms with Crippen LogP contribution in [-0.2, 0) is 14.0 Å². The summed E-state index contributed by atoms with van der Waals surface area (Å²) in [6, 6.07) is 7.78. The number of esters is 1. The molecule has 1 aromatic heterocycles. The van der Waals surface area contributed by atoms with Gasteiger partial charge in [-0.1, -0.05) is 12.1 Å². The van der Waals surface area contributed by atoms with E-state index in [1.807, 2.05) is 52.0 Å². The molecule has 1 saturated heterocycles. The molecular weight excluding hydrogens is 299 g/mol. The average molecular weight is 318 g/mol. The summed E-state index contributed by atoms with van der Waals surface area (Å²) in [5, 5.41) is 0.978. The van der Waals surface area contributed by atoms with E-state index in [4.69, 9.17) is 14.0 Å². The van der Waals surface area contributed by atoms with Gasteiger partial charge in [0.05, 0.1) is 18.3 Å². The number of hydrogen-bond acceptors (Lipinski definition) is 5. The van der Waals surface area contributed by atoms with Crippen LogP contribution >= 0.6 is 11.3 Å². The molecule has 0 unspecified atom stereocenters. The first kappa shape index (κ1) is 15.5. The van der Waals surface area contributed by atoms with Crippen molar-refractivity contribution in [3.63, 3.8) is 0 Å². The predicted molar refractivity (Wildman–Crippen MR) is 88.9 cm³/mol. The molecule has 0 N–H and O–H groups in total. The SMILES string of the molecule is COC(=O)c1cc2c(B3OC(C)(C)C(C)(C)O3)cccc2s1. The van der Waals surface area contributed by atoms with Crippen LogP contribution in [0.3, 0.4) is 0 Å². The fourth-order valence-corrected chi connectivity index (χ4v) is 3.47. The smallest absolute Gasteiger partial charge is 0.465 e. The molecule has 22 heavy (non-hydrogen) atoms. The maximum atomic E-state index is 11.7. The summed E-state index contributed by atoms with van der Waals surface area (Å²) in [7, 11) is 0.954. The Hall–Kier alpha value is -1.37. The van der Waals surface area contributed by atoms with Crippen LogP contribution in [0.1, 0.15) is 37.4 Å². The summed E-state index contributed by atoms with van der Waals surface area (Å²) in [5.41, 5.74) is 0.171. The predicted octanol–water partition coefficient (Wildman–Crippen LogP) is 2.99. The van der Waals surface area contributed by atoms with Gasteiger partial charge >= 0.3 is 13.1 Å². The van der Waals surface area contributed by atoms with E-state index in [2.05, 4.69) is 0 Å². The molecule has 3 rings (SSSR count). The monoisotopic (exact) mass is 318 g/mol. The van der Waals surface area contributed by atoms with E-state index in [0.29, 0.717) is 4.88 Å². The molecule has 6 heteroatoms. The molecule has 2 heterocycles. The third-order valence-corrected chi connectivity index (χ3v) is 5.57. The molecule has 1 aliphatic rings. The Bertz CT molecular complexity index is 719. The van der Waals surface area contributed by atoms with E-state index in [-0.39, 0.29) is 17.2 Å². The Morgan fingerprint density at radius 3 is 2.41 bits per heavy atom. The summed E-state index contributed by atoms with van der Waals surface area (Å²) < 4.78 is 18.1. The first-order chi connectivity index (χ1) is 10.2. The van der Waals surface area contributed by atoms with Gasteiger partial charge in [0, 0.05) is 4.70 Å². The van der Waals surface area contributed by atoms with Crippen molar-refractivity contribution in [2.45, 2.75) is 38.9 Å². The van der Waals surface area contributed by atoms with E-state index in [1.165, 1.54) is 18.4 Å². The number of benzene rings is 1. The van der Waals surface area contributed by atoms with Gasteiger partial charge in [0.25, 0.3) is 0 Å². The molecule has 1 aromatic carbocycles. The van der Waals surface area contributed by atoms with Gasteiger partial charge in [-0.3, -0.25) is 0 Å². The minimum atomic E-state index is -0.436. The quantitative estimate of drug-likeness (QED) is 0.631. The zero-order chi connectivity index (χ0) is 16.1. The minimum Gasteiger partial charge on any atom is -0.465 e. The van der Waals surface area contributed by atoms with Crippen LogP contribution in [0.15, 0.2) is 24.3 Å². The van der Waals surface area contributed by atoms with Crippen molar-refractivity contribution >= 4 is 40.0 Å². The zero-order valence-electron chi connectivity index (χ0n) is 13.4. The lowest BCUT2D eigenvalue weighted by Crippen LogP contribution is -2.41. The van der Waals surface area contributed by atoms with Crippen LogP contribution in [0.2, 0.25) is 0 Å². The van der Waals surface area contributed by atoms with E-state index in [0.717, 1.165) is 15.5 Å². The number of carbonyl (C=O) groups is 1. The fraction of sp³-hybridized carbons (Fsp3) is 0.438. The lowest BCUT2D eigenvalue weighted by Gasteiger charge is -2.32. The minimum absolute atomic E-state index is 0.318. The molecule has 0 aliphatic carbocycles. The topological polar surface area (TPSA) is 44.8 Å². The number of rotatable bonds is 2. The van der Waals surface area contributed by atoms with Crippen LogP contribution in [0.4, 0.5) is 0 Å². The normalized spacial score (nSPS) is 19.6. The lowest BCUT2D eigenvalue weighted by atomic mass is 9.77. The molecule has 0 saturated carbocycles. The van der Waals surface area contributed by atoms with Gasteiger partial charge in [-0.25, -0.2) is 4.79 Å². The van der Waals surface area contributed by atoms with Crippen molar-refractivity contribution in [2.75, 3.05) is 7.11 Å². The van der Waals surface area contributed by atoms with Crippen molar-refractivity contribution in [1.82, 2.24) is 0 Å². The second-order valence-electron chi connectivity index (χ2n) is 6.45. The fourth-order valence-electron chi connectivity index (χ4n) is 2.46. The number of thiophene rings is 1. The Balaban J connectivity index is 2.05. The van der Waals surface area contributed by atoms with E-state index < -0.39 is 7.12 Å². The molecule has 2 aromatic rings. The van der Waals surface area contributed by atoms with Crippen molar-refractivity contribution in [1.29, 1.82) is 0 Å². The van der Waals surface area contributed by atoms with Crippen molar-refractivity contribution in [2.24, 2.45) is 0 Å². The highest BCUT2D eigenvalue weighted by Crippen LogP contribution is 2.37. The summed E-state index contributed by atoms with van der Waals surface area (Å²) in [4.78, 5) is 12.3. The number of carbonyl (C=O) groups excluding carboxylic acids is 1. The number of ether oxygens (including phenoxy) is 1. The van der Waals surface area contributed by atoms with Crippen LogP contribution in [-0.4, -0.2) is 31.4 Å². The van der Waals surface area contributed by atoms with Crippen LogP contribution in [0, 0.1) is 0 Å². The van der Waals surface area contributed by atoms with Gasteiger partial charge in [-0.15, -0.1) is 11.3 Å². The molecule has 0 amide bonds. The first-order valence-electron chi connectivity index (χ1n) is 7.21. The Labute approximate surface area is 134 Å². The number of hydrogen-bond donors (Lipinski definition) is 0. The van der Waals surface area contributed by atoms with Gasteiger partial charge in [-0.2, -0.15) is 0 Å². The molecule has 0 bridgehead atoms. The Kier molecular flexibility index (Phi) is 3.59. The molecule has 1 fully saturated rings.